The summed E-state index contributed by atoms with van der Waals surface area (Å²) < 4.78 is 94.4. The minimum absolute atomic E-state index is 0.0823. The van der Waals surface area contributed by atoms with Crippen LogP contribution in [0.25, 0.3) is 0 Å². The van der Waals surface area contributed by atoms with Gasteiger partial charge in [0.2, 0.25) is 5.91 Å². The molecule has 1 amide bonds. The van der Waals surface area contributed by atoms with E-state index in [4.69, 9.17) is 66.3 Å². The lowest BCUT2D eigenvalue weighted by molar-refractivity contribution is -0.383. The molecule has 15 atom stereocenters. The molecule has 0 aromatic heterocycles. The first-order chi connectivity index (χ1) is 34.6. The van der Waals surface area contributed by atoms with Crippen LogP contribution in [0.3, 0.4) is 0 Å². The standard InChI is InChI=1S/C55H69NO15/c1-35-44(62-30-38-21-12-7-13-22-38)48(63-31-39-23-14-8-15-24-39)50(64-32-40-25-16-9-17-26-40)53(65-35)69-51-49-46(70-55(3,4)71-49)42-33-59-27-18-28-61-47-43(56-36(2)57)52(58-5)66-41(45(47)68-54(51)67-42)34-60-29-37-19-10-6-11-20-37/h6-17,19-26,35,41-54H,18,27-34H2,1-5H3,(H,56,57)/t35-,41+,42+,43+,44+,45+,46-,47+,48+,49-,50-,51+,52+,53-,54-/m0/s1. The molecule has 0 aliphatic carbocycles. The summed E-state index contributed by atoms with van der Waals surface area (Å²) >= 11 is 0. The smallest absolute Gasteiger partial charge is 0.217 e. The Hall–Kier alpha value is -4.21. The summed E-state index contributed by atoms with van der Waals surface area (Å²) in [7, 11) is 1.53. The van der Waals surface area contributed by atoms with Crippen LogP contribution in [-0.4, -0.2) is 137 Å². The van der Waals surface area contributed by atoms with Crippen LogP contribution in [-0.2, 0) is 97.5 Å². The Balaban J connectivity index is 1.08. The van der Waals surface area contributed by atoms with Crippen LogP contribution in [0, 0.1) is 0 Å². The van der Waals surface area contributed by atoms with Crippen molar-refractivity contribution in [3.63, 3.8) is 0 Å². The first-order valence-electron chi connectivity index (χ1n) is 24.8. The van der Waals surface area contributed by atoms with Gasteiger partial charge in [0.15, 0.2) is 24.7 Å². The third kappa shape index (κ3) is 13.3. The number of ether oxygens (including phenoxy) is 14. The topological polar surface area (TPSA) is 158 Å². The van der Waals surface area contributed by atoms with E-state index in [-0.39, 0.29) is 38.9 Å². The van der Waals surface area contributed by atoms with Crippen molar-refractivity contribution in [2.45, 2.75) is 158 Å². The molecular formula is C55H69NO15. The molecule has 1 N–H and O–H groups in total. The Morgan fingerprint density at radius 3 is 1.77 bits per heavy atom. The lowest BCUT2D eigenvalue weighted by Crippen LogP contribution is -2.69. The number of amides is 1. The molecule has 2 bridgehead atoms. The van der Waals surface area contributed by atoms with E-state index < -0.39 is 97.8 Å². The van der Waals surface area contributed by atoms with Crippen molar-refractivity contribution in [1.29, 1.82) is 0 Å². The van der Waals surface area contributed by atoms with Gasteiger partial charge in [-0.15, -0.1) is 0 Å². The van der Waals surface area contributed by atoms with E-state index in [0.29, 0.717) is 26.2 Å². The average Bonchev–Trinajstić information content (AvgIpc) is 3.71. The molecule has 4 aromatic carbocycles. The normalized spacial score (nSPS) is 34.0. The number of carbonyl (C=O) groups is 1. The molecule has 5 aliphatic rings. The van der Waals surface area contributed by atoms with E-state index in [0.717, 1.165) is 22.3 Å². The SMILES string of the molecule is CO[C@@H]1O[C@H](COCc2ccccc2)[C@H]2O[C@@H]3O[C@H](COCCCO[C@@H]2[C@H]1NC(C)=O)[C@@H]1OC(C)(C)O[C@@H]1[C@H]3O[C@@H]1O[C@@H](C)[C@@H](OCc2ccccc2)[C@@H](OCc2ccccc2)[C@@H]1OCc1ccccc1. The molecule has 16 nitrogen and oxygen atoms in total. The van der Waals surface area contributed by atoms with Crippen LogP contribution >= 0.6 is 0 Å². The predicted molar refractivity (Wildman–Crippen MR) is 256 cm³/mol. The number of carbonyl (C=O) groups excluding carboxylic acids is 1. The Labute approximate surface area is 416 Å². The van der Waals surface area contributed by atoms with Crippen molar-refractivity contribution < 1.29 is 71.1 Å². The van der Waals surface area contributed by atoms with Gasteiger partial charge < -0.3 is 71.6 Å². The zero-order chi connectivity index (χ0) is 49.2. The number of methoxy groups -OCH3 is 1. The van der Waals surface area contributed by atoms with Gasteiger partial charge >= 0.3 is 0 Å². The molecule has 0 saturated carbocycles. The fourth-order valence-electron chi connectivity index (χ4n) is 9.95. The maximum absolute atomic E-state index is 12.9. The number of fused-ring (bicyclic) bond motifs is 5. The van der Waals surface area contributed by atoms with E-state index >= 15 is 0 Å². The molecule has 4 aromatic rings. The van der Waals surface area contributed by atoms with E-state index in [9.17, 15) is 4.79 Å². The zero-order valence-electron chi connectivity index (χ0n) is 41.2. The first kappa shape index (κ1) is 51.7. The van der Waals surface area contributed by atoms with Gasteiger partial charge in [0.1, 0.15) is 67.1 Å². The van der Waals surface area contributed by atoms with Gasteiger partial charge in [0.25, 0.3) is 0 Å². The van der Waals surface area contributed by atoms with Crippen LogP contribution in [0.15, 0.2) is 121 Å². The third-order valence-corrected chi connectivity index (χ3v) is 13.3. The van der Waals surface area contributed by atoms with Crippen molar-refractivity contribution in [1.82, 2.24) is 5.32 Å². The van der Waals surface area contributed by atoms with Crippen LogP contribution < -0.4 is 5.32 Å². The number of benzene rings is 4. The van der Waals surface area contributed by atoms with Crippen molar-refractivity contribution in [2.24, 2.45) is 0 Å². The summed E-state index contributed by atoms with van der Waals surface area (Å²) in [6.45, 7) is 9.14. The van der Waals surface area contributed by atoms with Crippen LogP contribution in [0.1, 0.15) is 56.4 Å². The van der Waals surface area contributed by atoms with E-state index in [1.165, 1.54) is 14.0 Å². The quantitative estimate of drug-likeness (QED) is 0.124. The highest BCUT2D eigenvalue weighted by Crippen LogP contribution is 2.43. The number of nitrogens with one attached hydrogen (secondary N) is 1. The summed E-state index contributed by atoms with van der Waals surface area (Å²) in [5, 5.41) is 3.02. The molecule has 9 rings (SSSR count). The maximum Gasteiger partial charge on any atom is 0.217 e. The van der Waals surface area contributed by atoms with Crippen LogP contribution in [0.2, 0.25) is 0 Å². The van der Waals surface area contributed by atoms with Gasteiger partial charge in [-0.1, -0.05) is 121 Å². The van der Waals surface area contributed by atoms with Crippen LogP contribution in [0.5, 0.6) is 0 Å². The highest BCUT2D eigenvalue weighted by Gasteiger charge is 2.60. The molecule has 16 heteroatoms. The second-order valence-electron chi connectivity index (χ2n) is 19.1. The molecule has 0 spiro atoms. The molecule has 0 radical (unpaired) electrons. The largest absolute Gasteiger partial charge is 0.379 e. The summed E-state index contributed by atoms with van der Waals surface area (Å²) in [6, 6.07) is 39.0. The molecule has 71 heavy (non-hydrogen) atoms. The van der Waals surface area contributed by atoms with E-state index in [2.05, 4.69) is 5.32 Å². The average molecular weight is 984 g/mol. The van der Waals surface area contributed by atoms with Crippen molar-refractivity contribution >= 4 is 5.91 Å². The second-order valence-corrected chi connectivity index (χ2v) is 19.1. The minimum atomic E-state index is -1.18. The Morgan fingerprint density at radius 1 is 0.620 bits per heavy atom. The number of hydrogen-bond acceptors (Lipinski definition) is 15. The van der Waals surface area contributed by atoms with E-state index in [1.807, 2.05) is 142 Å². The fourth-order valence-corrected chi connectivity index (χ4v) is 9.95. The van der Waals surface area contributed by atoms with Gasteiger partial charge in [0.05, 0.1) is 45.7 Å². The van der Waals surface area contributed by atoms with Gasteiger partial charge in [-0.3, -0.25) is 4.79 Å². The predicted octanol–water partition coefficient (Wildman–Crippen LogP) is 6.40. The molecular weight excluding hydrogens is 915 g/mol. The van der Waals surface area contributed by atoms with Crippen LogP contribution in [0.4, 0.5) is 0 Å². The lowest BCUT2D eigenvalue weighted by Gasteiger charge is -2.50. The Kier molecular flexibility index (Phi) is 18.0. The first-order valence-corrected chi connectivity index (χ1v) is 24.8. The summed E-state index contributed by atoms with van der Waals surface area (Å²) in [6.07, 6.45) is -10.9. The summed E-state index contributed by atoms with van der Waals surface area (Å²) in [5.41, 5.74) is 3.91. The molecule has 5 saturated heterocycles. The highest BCUT2D eigenvalue weighted by atomic mass is 16.8. The monoisotopic (exact) mass is 983 g/mol. The van der Waals surface area contributed by atoms with Gasteiger partial charge in [0, 0.05) is 27.2 Å². The van der Waals surface area contributed by atoms with Gasteiger partial charge in [-0.2, -0.15) is 0 Å². The Morgan fingerprint density at radius 2 is 1.18 bits per heavy atom. The minimum Gasteiger partial charge on any atom is -0.379 e. The molecule has 5 aliphatic heterocycles. The number of hydrogen-bond donors (Lipinski definition) is 1. The van der Waals surface area contributed by atoms with Gasteiger partial charge in [-0.05, 0) is 49.4 Å². The third-order valence-electron chi connectivity index (χ3n) is 13.3. The maximum atomic E-state index is 12.9. The number of rotatable bonds is 17. The fraction of sp³-hybridized carbons (Fsp3) is 0.545. The summed E-state index contributed by atoms with van der Waals surface area (Å²) in [5.74, 6) is -1.34. The molecule has 0 unspecified atom stereocenters. The van der Waals surface area contributed by atoms with Crippen molar-refractivity contribution in [2.75, 3.05) is 33.5 Å². The Bertz CT molecular complexity index is 2210. The lowest BCUT2D eigenvalue weighted by atomic mass is 9.94. The highest BCUT2D eigenvalue weighted by molar-refractivity contribution is 5.73. The second kappa shape index (κ2) is 24.7. The summed E-state index contributed by atoms with van der Waals surface area (Å²) in [4.78, 5) is 12.9. The van der Waals surface area contributed by atoms with Crippen molar-refractivity contribution in [3.05, 3.63) is 144 Å². The zero-order valence-corrected chi connectivity index (χ0v) is 41.2. The van der Waals surface area contributed by atoms with Gasteiger partial charge in [-0.25, -0.2) is 0 Å². The van der Waals surface area contributed by atoms with Crippen molar-refractivity contribution in [3.8, 4) is 0 Å². The molecule has 384 valence electrons. The molecule has 5 fully saturated rings. The van der Waals surface area contributed by atoms with E-state index in [1.54, 1.807) is 0 Å². The molecule has 5 heterocycles.